The molecule has 0 amide bonds. The molecule has 0 aromatic heterocycles. The lowest BCUT2D eigenvalue weighted by molar-refractivity contribution is -0.299. The van der Waals surface area contributed by atoms with E-state index in [0.717, 1.165) is 19.3 Å². The molecule has 2 N–H and O–H groups in total. The van der Waals surface area contributed by atoms with Gasteiger partial charge in [0.15, 0.2) is 20.7 Å². The van der Waals surface area contributed by atoms with Crippen molar-refractivity contribution in [1.29, 1.82) is 0 Å². The second kappa shape index (κ2) is 13.9. The molecule has 0 aliphatic carbocycles. The summed E-state index contributed by atoms with van der Waals surface area (Å²) in [7, 11) is -2.11. The van der Waals surface area contributed by atoms with Crippen molar-refractivity contribution in [2.75, 3.05) is 13.2 Å². The largest absolute Gasteiger partial charge is 0.453 e. The molecule has 1 fully saturated rings. The number of aliphatic hydroxyl groups excluding tert-OH is 2. The Morgan fingerprint density at radius 2 is 1.63 bits per heavy atom. The molecule has 35 heavy (non-hydrogen) atoms. The number of benzene rings is 1. The Balaban J connectivity index is 2.07. The van der Waals surface area contributed by atoms with E-state index >= 15 is 0 Å². The van der Waals surface area contributed by atoms with Gasteiger partial charge in [-0.2, -0.15) is 0 Å². The van der Waals surface area contributed by atoms with Crippen LogP contribution in [0.5, 0.6) is 0 Å². The highest BCUT2D eigenvalue weighted by molar-refractivity contribution is 6.74. The number of esters is 1. The Morgan fingerprint density at radius 1 is 1.00 bits per heavy atom. The summed E-state index contributed by atoms with van der Waals surface area (Å²) < 4.78 is 23.7. The molecule has 1 saturated heterocycles. The molecule has 1 aromatic carbocycles. The van der Waals surface area contributed by atoms with Crippen molar-refractivity contribution < 1.29 is 33.6 Å². The average Bonchev–Trinajstić information content (AvgIpc) is 2.81. The third-order valence-electron chi connectivity index (χ3n) is 7.09. The zero-order valence-electron chi connectivity index (χ0n) is 22.4. The van der Waals surface area contributed by atoms with E-state index in [1.807, 2.05) is 0 Å². The highest BCUT2D eigenvalue weighted by Crippen LogP contribution is 2.37. The number of hydrogen-bond acceptors (Lipinski definition) is 7. The van der Waals surface area contributed by atoms with E-state index < -0.39 is 45.0 Å². The first-order valence-corrected chi connectivity index (χ1v) is 15.9. The van der Waals surface area contributed by atoms with Gasteiger partial charge in [0.2, 0.25) is 0 Å². The van der Waals surface area contributed by atoms with Crippen molar-refractivity contribution in [1.82, 2.24) is 0 Å². The predicted octanol–water partition coefficient (Wildman–Crippen LogP) is 5.06. The van der Waals surface area contributed by atoms with E-state index in [4.69, 9.17) is 18.6 Å². The zero-order chi connectivity index (χ0) is 26.1. The van der Waals surface area contributed by atoms with Crippen LogP contribution >= 0.6 is 0 Å². The lowest BCUT2D eigenvalue weighted by Crippen LogP contribution is -2.61. The quantitative estimate of drug-likeness (QED) is 0.218. The number of carbonyl (C=O) groups excluding carboxylic acids is 1. The summed E-state index contributed by atoms with van der Waals surface area (Å²) in [6, 6.07) is 8.52. The van der Waals surface area contributed by atoms with Crippen LogP contribution in [0.15, 0.2) is 30.3 Å². The minimum Gasteiger partial charge on any atom is -0.453 e. The van der Waals surface area contributed by atoms with Gasteiger partial charge in [0.05, 0.1) is 12.2 Å². The van der Waals surface area contributed by atoms with E-state index in [1.54, 1.807) is 30.3 Å². The van der Waals surface area contributed by atoms with Crippen molar-refractivity contribution >= 4 is 14.3 Å². The standard InChI is InChI=1S/C27H46O7Si/c1-7-8-9-10-11-15-18-31-26-23(29)24(34-25(30)20-16-13-12-14-17-20)22(28)21(33-26)19-32-35(5,6)27(2,3)4/h12-14,16-17,21-24,26,28-29H,7-11,15,18-19H2,1-6H3/t21-,22-,23-,24+,26-/m1/s1. The summed E-state index contributed by atoms with van der Waals surface area (Å²) in [6.07, 6.45) is 1.08. The minimum atomic E-state index is -2.11. The lowest BCUT2D eigenvalue weighted by Gasteiger charge is -2.43. The molecular weight excluding hydrogens is 464 g/mol. The number of ether oxygens (including phenoxy) is 3. The van der Waals surface area contributed by atoms with Crippen LogP contribution in [-0.4, -0.2) is 68.4 Å². The molecule has 5 atom stereocenters. The first-order valence-electron chi connectivity index (χ1n) is 13.0. The Labute approximate surface area is 212 Å². The van der Waals surface area contributed by atoms with Crippen LogP contribution in [0.25, 0.3) is 0 Å². The molecule has 8 heteroatoms. The summed E-state index contributed by atoms with van der Waals surface area (Å²) in [5.74, 6) is -0.616. The van der Waals surface area contributed by atoms with Gasteiger partial charge >= 0.3 is 5.97 Å². The summed E-state index contributed by atoms with van der Waals surface area (Å²) >= 11 is 0. The normalized spacial score (nSPS) is 25.4. The zero-order valence-corrected chi connectivity index (χ0v) is 23.4. The van der Waals surface area contributed by atoms with Crippen molar-refractivity contribution in [3.8, 4) is 0 Å². The molecule has 2 rings (SSSR count). The fraction of sp³-hybridized carbons (Fsp3) is 0.741. The fourth-order valence-electron chi connectivity index (χ4n) is 3.67. The minimum absolute atomic E-state index is 0.0149. The SMILES string of the molecule is CCCCCCCCO[C@@H]1O[C@H](CO[Si](C)(C)C(C)(C)C)[C@@H](O)[C@H](OC(=O)c2ccccc2)[C@H]1O. The molecule has 0 unspecified atom stereocenters. The molecular formula is C27H46O7Si. The third-order valence-corrected chi connectivity index (χ3v) is 11.6. The Bertz CT molecular complexity index is 750. The van der Waals surface area contributed by atoms with Crippen LogP contribution in [0, 0.1) is 0 Å². The van der Waals surface area contributed by atoms with Crippen LogP contribution in [0.1, 0.15) is 76.6 Å². The maximum absolute atomic E-state index is 12.7. The van der Waals surface area contributed by atoms with Crippen LogP contribution < -0.4 is 0 Å². The van der Waals surface area contributed by atoms with Crippen LogP contribution in [0.3, 0.4) is 0 Å². The first kappa shape index (κ1) is 29.9. The number of rotatable bonds is 13. The predicted molar refractivity (Wildman–Crippen MR) is 139 cm³/mol. The third kappa shape index (κ3) is 8.95. The Morgan fingerprint density at radius 3 is 2.26 bits per heavy atom. The highest BCUT2D eigenvalue weighted by Gasteiger charge is 2.48. The van der Waals surface area contributed by atoms with Gasteiger partial charge in [-0.1, -0.05) is 78.0 Å². The molecule has 1 aromatic rings. The van der Waals surface area contributed by atoms with E-state index in [1.165, 1.54) is 19.3 Å². The van der Waals surface area contributed by atoms with E-state index in [0.29, 0.717) is 12.2 Å². The van der Waals surface area contributed by atoms with Gasteiger partial charge in [-0.15, -0.1) is 0 Å². The summed E-state index contributed by atoms with van der Waals surface area (Å²) in [4.78, 5) is 12.7. The summed E-state index contributed by atoms with van der Waals surface area (Å²) in [5.41, 5.74) is 0.344. The second-order valence-electron chi connectivity index (χ2n) is 11.0. The van der Waals surface area contributed by atoms with E-state index in [2.05, 4.69) is 40.8 Å². The molecule has 200 valence electrons. The maximum Gasteiger partial charge on any atom is 0.338 e. The van der Waals surface area contributed by atoms with Crippen LogP contribution in [0.4, 0.5) is 0 Å². The van der Waals surface area contributed by atoms with Crippen molar-refractivity contribution in [2.24, 2.45) is 0 Å². The van der Waals surface area contributed by atoms with Gasteiger partial charge in [-0.05, 0) is 36.7 Å². The maximum atomic E-state index is 12.7. The van der Waals surface area contributed by atoms with Gasteiger partial charge in [0.1, 0.15) is 18.3 Å². The Hall–Kier alpha value is -1.29. The van der Waals surface area contributed by atoms with E-state index in [-0.39, 0.29) is 11.6 Å². The van der Waals surface area contributed by atoms with Gasteiger partial charge in [-0.25, -0.2) is 4.79 Å². The second-order valence-corrected chi connectivity index (χ2v) is 15.8. The van der Waals surface area contributed by atoms with Crippen molar-refractivity contribution in [3.63, 3.8) is 0 Å². The number of carbonyl (C=O) groups is 1. The monoisotopic (exact) mass is 510 g/mol. The van der Waals surface area contributed by atoms with Crippen molar-refractivity contribution in [2.45, 2.75) is 115 Å². The number of unbranched alkanes of at least 4 members (excludes halogenated alkanes) is 5. The van der Waals surface area contributed by atoms with Gasteiger partial charge in [-0.3, -0.25) is 0 Å². The van der Waals surface area contributed by atoms with Crippen LogP contribution in [0.2, 0.25) is 18.1 Å². The van der Waals surface area contributed by atoms with Gasteiger partial charge in [0.25, 0.3) is 0 Å². The lowest BCUT2D eigenvalue weighted by atomic mass is 9.99. The van der Waals surface area contributed by atoms with Gasteiger partial charge < -0.3 is 28.8 Å². The summed E-state index contributed by atoms with van der Waals surface area (Å²) in [5, 5.41) is 21.9. The fourth-order valence-corrected chi connectivity index (χ4v) is 4.69. The molecule has 1 aliphatic heterocycles. The molecule has 0 radical (unpaired) electrons. The number of aliphatic hydroxyl groups is 2. The molecule has 0 saturated carbocycles. The average molecular weight is 511 g/mol. The molecule has 7 nitrogen and oxygen atoms in total. The topological polar surface area (TPSA) is 94.5 Å². The molecule has 1 heterocycles. The highest BCUT2D eigenvalue weighted by atomic mass is 28.4. The molecule has 1 aliphatic rings. The summed E-state index contributed by atoms with van der Waals surface area (Å²) in [6.45, 7) is 13.4. The van der Waals surface area contributed by atoms with Crippen molar-refractivity contribution in [3.05, 3.63) is 35.9 Å². The molecule has 0 spiro atoms. The first-order chi connectivity index (χ1) is 16.5. The van der Waals surface area contributed by atoms with E-state index in [9.17, 15) is 15.0 Å². The number of hydrogen-bond donors (Lipinski definition) is 2. The molecule has 0 bridgehead atoms. The van der Waals surface area contributed by atoms with Crippen LogP contribution in [-0.2, 0) is 18.6 Å². The Kier molecular flexibility index (Phi) is 11.9. The van der Waals surface area contributed by atoms with Gasteiger partial charge in [0, 0.05) is 6.61 Å². The smallest absolute Gasteiger partial charge is 0.338 e.